The Kier molecular flexibility index (Phi) is 7.56. The van der Waals surface area contributed by atoms with Crippen molar-refractivity contribution in [3.63, 3.8) is 0 Å². The van der Waals surface area contributed by atoms with E-state index < -0.39 is 22.1 Å². The van der Waals surface area contributed by atoms with Crippen LogP contribution in [0, 0.1) is 0 Å². The Labute approximate surface area is 214 Å². The third-order valence-corrected chi connectivity index (χ3v) is 7.72. The van der Waals surface area contributed by atoms with E-state index in [1.807, 2.05) is 24.3 Å². The van der Waals surface area contributed by atoms with E-state index in [-0.39, 0.29) is 22.2 Å². The van der Waals surface area contributed by atoms with Crippen LogP contribution in [0.5, 0.6) is 0 Å². The van der Waals surface area contributed by atoms with Gasteiger partial charge in [0.25, 0.3) is 0 Å². The summed E-state index contributed by atoms with van der Waals surface area (Å²) in [6.45, 7) is 0.907. The standard InChI is InChI=1S/C23H27Cl2N5O4S/c1-35(33,34)27-14-23(9-3-10-23)15-5-7-17(8-6-15)30-11-2-4-19(21(30)31)28-22(32)29-20-18(25)12-16(24)13-26-20/h5-8,12-13,19,27H,2-4,9-11,14H2,1H3,(H2,26,28,29,32)/t19-/m1/s1. The number of aromatic nitrogens is 1. The van der Waals surface area contributed by atoms with Gasteiger partial charge in [0.05, 0.1) is 16.3 Å². The molecule has 1 atom stereocenters. The topological polar surface area (TPSA) is 120 Å². The van der Waals surface area contributed by atoms with Crippen LogP contribution >= 0.6 is 23.2 Å². The molecular formula is C23H27Cl2N5O4S. The summed E-state index contributed by atoms with van der Waals surface area (Å²) in [5.41, 5.74) is 1.57. The second-order valence-corrected chi connectivity index (χ2v) is 11.7. The number of piperidine rings is 1. The molecule has 1 aromatic carbocycles. The van der Waals surface area contributed by atoms with Gasteiger partial charge in [-0.2, -0.15) is 0 Å². The van der Waals surface area contributed by atoms with Gasteiger partial charge >= 0.3 is 6.03 Å². The highest BCUT2D eigenvalue weighted by Crippen LogP contribution is 2.43. The third kappa shape index (κ3) is 6.06. The number of nitrogens with zero attached hydrogens (tertiary/aromatic N) is 2. The molecule has 35 heavy (non-hydrogen) atoms. The lowest BCUT2D eigenvalue weighted by Crippen LogP contribution is -2.53. The Morgan fingerprint density at radius 3 is 2.51 bits per heavy atom. The average molecular weight is 540 g/mol. The molecule has 1 aliphatic heterocycles. The fourth-order valence-corrected chi connectivity index (χ4v) is 5.48. The first-order chi connectivity index (χ1) is 16.6. The minimum Gasteiger partial charge on any atom is -0.326 e. The summed E-state index contributed by atoms with van der Waals surface area (Å²) in [4.78, 5) is 31.2. The van der Waals surface area contributed by atoms with Crippen molar-refractivity contribution >= 4 is 56.7 Å². The number of amides is 3. The van der Waals surface area contributed by atoms with E-state index in [1.165, 1.54) is 12.3 Å². The zero-order valence-electron chi connectivity index (χ0n) is 19.2. The van der Waals surface area contributed by atoms with Gasteiger partial charge in [-0.25, -0.2) is 22.9 Å². The summed E-state index contributed by atoms with van der Waals surface area (Å²) < 4.78 is 25.8. The number of anilines is 2. The highest BCUT2D eigenvalue weighted by molar-refractivity contribution is 7.88. The first kappa shape index (κ1) is 25.7. The van der Waals surface area contributed by atoms with Crippen molar-refractivity contribution in [1.82, 2.24) is 15.0 Å². The number of benzene rings is 1. The normalized spacial score (nSPS) is 19.7. The predicted molar refractivity (Wildman–Crippen MR) is 137 cm³/mol. The zero-order valence-corrected chi connectivity index (χ0v) is 21.5. The number of urea groups is 1. The van der Waals surface area contributed by atoms with Crippen LogP contribution in [0.4, 0.5) is 16.3 Å². The van der Waals surface area contributed by atoms with Crippen molar-refractivity contribution in [3.05, 3.63) is 52.1 Å². The highest BCUT2D eigenvalue weighted by Gasteiger charge is 2.39. The summed E-state index contributed by atoms with van der Waals surface area (Å²) in [6.07, 6.45) is 6.63. The first-order valence-corrected chi connectivity index (χ1v) is 14.0. The number of halogens is 2. The Bertz CT molecular complexity index is 1220. The molecule has 2 aliphatic rings. The molecule has 0 radical (unpaired) electrons. The quantitative estimate of drug-likeness (QED) is 0.495. The molecular weight excluding hydrogens is 513 g/mol. The lowest BCUT2D eigenvalue weighted by molar-refractivity contribution is -0.121. The molecule has 188 valence electrons. The number of carbonyl (C=O) groups is 2. The van der Waals surface area contributed by atoms with Gasteiger partial charge in [-0.3, -0.25) is 10.1 Å². The van der Waals surface area contributed by atoms with Gasteiger partial charge in [0.2, 0.25) is 15.9 Å². The third-order valence-electron chi connectivity index (χ3n) is 6.56. The van der Waals surface area contributed by atoms with E-state index in [0.29, 0.717) is 24.5 Å². The van der Waals surface area contributed by atoms with E-state index >= 15 is 0 Å². The predicted octanol–water partition coefficient (Wildman–Crippen LogP) is 3.68. The van der Waals surface area contributed by atoms with Crippen molar-refractivity contribution in [3.8, 4) is 0 Å². The van der Waals surface area contributed by atoms with Crippen molar-refractivity contribution < 1.29 is 18.0 Å². The van der Waals surface area contributed by atoms with Crippen molar-refractivity contribution in [2.75, 3.05) is 29.6 Å². The minimum absolute atomic E-state index is 0.152. The molecule has 0 spiro atoms. The number of pyridine rings is 1. The molecule has 12 heteroatoms. The van der Waals surface area contributed by atoms with Gasteiger partial charge in [0.1, 0.15) is 6.04 Å². The lowest BCUT2D eigenvalue weighted by atomic mass is 9.64. The van der Waals surface area contributed by atoms with Crippen LogP contribution in [-0.4, -0.2) is 50.7 Å². The van der Waals surface area contributed by atoms with Gasteiger partial charge in [-0.15, -0.1) is 0 Å². The molecule has 0 unspecified atom stereocenters. The van der Waals surface area contributed by atoms with Crippen LogP contribution in [0.15, 0.2) is 36.5 Å². The van der Waals surface area contributed by atoms with Crippen LogP contribution in [0.2, 0.25) is 10.0 Å². The second-order valence-electron chi connectivity index (χ2n) is 9.04. The molecule has 2 fully saturated rings. The summed E-state index contributed by atoms with van der Waals surface area (Å²) >= 11 is 11.9. The van der Waals surface area contributed by atoms with Crippen molar-refractivity contribution in [2.24, 2.45) is 0 Å². The van der Waals surface area contributed by atoms with Crippen molar-refractivity contribution in [2.45, 2.75) is 43.6 Å². The van der Waals surface area contributed by atoms with Crippen LogP contribution in [0.3, 0.4) is 0 Å². The van der Waals surface area contributed by atoms with E-state index in [4.69, 9.17) is 23.2 Å². The molecule has 1 saturated carbocycles. The van der Waals surface area contributed by atoms with E-state index in [2.05, 4.69) is 20.3 Å². The summed E-state index contributed by atoms with van der Waals surface area (Å²) in [7, 11) is -3.27. The lowest BCUT2D eigenvalue weighted by Gasteiger charge is -2.42. The fraction of sp³-hybridized carbons (Fsp3) is 0.435. The molecule has 3 N–H and O–H groups in total. The maximum atomic E-state index is 13.1. The van der Waals surface area contributed by atoms with Crippen LogP contribution in [0.25, 0.3) is 0 Å². The first-order valence-electron chi connectivity index (χ1n) is 11.3. The van der Waals surface area contributed by atoms with Crippen LogP contribution < -0.4 is 20.3 Å². The second kappa shape index (κ2) is 10.3. The Hall–Kier alpha value is -2.40. The van der Waals surface area contributed by atoms with Gasteiger partial charge < -0.3 is 10.2 Å². The van der Waals surface area contributed by atoms with Crippen LogP contribution in [-0.2, 0) is 20.2 Å². The number of hydrogen-bond donors (Lipinski definition) is 3. The molecule has 1 aromatic heterocycles. The smallest absolute Gasteiger partial charge is 0.321 e. The molecule has 9 nitrogen and oxygen atoms in total. The summed E-state index contributed by atoms with van der Waals surface area (Å²) in [6, 6.07) is 7.89. The van der Waals surface area contributed by atoms with Gasteiger partial charge in [0.15, 0.2) is 5.82 Å². The summed E-state index contributed by atoms with van der Waals surface area (Å²) in [5, 5.41) is 5.80. The molecule has 1 saturated heterocycles. The van der Waals surface area contributed by atoms with E-state index in [1.54, 1.807) is 4.90 Å². The molecule has 2 heterocycles. The largest absolute Gasteiger partial charge is 0.326 e. The fourth-order valence-electron chi connectivity index (χ4n) is 4.51. The minimum atomic E-state index is -3.27. The molecule has 3 amide bonds. The van der Waals surface area contributed by atoms with Gasteiger partial charge in [-0.05, 0) is 49.4 Å². The van der Waals surface area contributed by atoms with E-state index in [0.717, 1.165) is 43.2 Å². The maximum Gasteiger partial charge on any atom is 0.321 e. The Morgan fingerprint density at radius 2 is 1.91 bits per heavy atom. The molecule has 4 rings (SSSR count). The number of carbonyl (C=O) groups excluding carboxylic acids is 2. The number of nitrogens with one attached hydrogen (secondary N) is 3. The van der Waals surface area contributed by atoms with Crippen molar-refractivity contribution in [1.29, 1.82) is 0 Å². The maximum absolute atomic E-state index is 13.1. The summed E-state index contributed by atoms with van der Waals surface area (Å²) in [5.74, 6) is -0.0500. The number of sulfonamides is 1. The number of hydrogen-bond acceptors (Lipinski definition) is 5. The highest BCUT2D eigenvalue weighted by atomic mass is 35.5. The Balaban J connectivity index is 1.41. The monoisotopic (exact) mass is 539 g/mol. The van der Waals surface area contributed by atoms with E-state index in [9.17, 15) is 18.0 Å². The average Bonchev–Trinajstić information content (AvgIpc) is 2.76. The molecule has 2 aromatic rings. The van der Waals surface area contributed by atoms with Gasteiger partial charge in [0, 0.05) is 30.4 Å². The van der Waals surface area contributed by atoms with Gasteiger partial charge in [-0.1, -0.05) is 41.8 Å². The zero-order chi connectivity index (χ0) is 25.2. The molecule has 0 bridgehead atoms. The SMILES string of the molecule is CS(=O)(=O)NCC1(c2ccc(N3CCC[C@@H](NC(=O)Nc4ncc(Cl)cc4Cl)C3=O)cc2)CCC1. The number of rotatable bonds is 7. The molecule has 1 aliphatic carbocycles. The Morgan fingerprint density at radius 1 is 1.20 bits per heavy atom. The van der Waals surface area contributed by atoms with Crippen LogP contribution in [0.1, 0.15) is 37.7 Å².